The number of hydrogen-bond donors (Lipinski definition) is 2. The molecule has 200 valence electrons. The molecule has 4 amide bonds. The highest BCUT2D eigenvalue weighted by atomic mass is 35.5. The number of nitrogens with zero attached hydrogens (tertiary/aromatic N) is 2. The highest BCUT2D eigenvalue weighted by molar-refractivity contribution is 6.35. The van der Waals surface area contributed by atoms with Gasteiger partial charge in [0, 0.05) is 22.3 Å². The third kappa shape index (κ3) is 5.30. The smallest absolute Gasteiger partial charge is 0.322 e. The van der Waals surface area contributed by atoms with Crippen molar-refractivity contribution in [2.45, 2.75) is 25.9 Å². The van der Waals surface area contributed by atoms with E-state index >= 15 is 0 Å². The number of ether oxygens (including phenoxy) is 1. The van der Waals surface area contributed by atoms with Gasteiger partial charge in [0.2, 0.25) is 5.91 Å². The van der Waals surface area contributed by atoms with Gasteiger partial charge in [-0.25, -0.2) is 4.79 Å². The average molecular weight is 565 g/mol. The van der Waals surface area contributed by atoms with Gasteiger partial charge in [0.25, 0.3) is 5.91 Å². The largest absolute Gasteiger partial charge is 0.457 e. The molecule has 0 saturated carbocycles. The highest BCUT2D eigenvalue weighted by Gasteiger charge is 2.46. The van der Waals surface area contributed by atoms with Crippen LogP contribution in [-0.2, 0) is 9.59 Å². The Bertz CT molecular complexity index is 1460. The van der Waals surface area contributed by atoms with E-state index in [1.165, 1.54) is 9.80 Å². The summed E-state index contributed by atoms with van der Waals surface area (Å²) in [6, 6.07) is 19.4. The first-order valence-electron chi connectivity index (χ1n) is 12.5. The number of carbonyl (C=O) groups is 3. The number of anilines is 1. The van der Waals surface area contributed by atoms with Crippen molar-refractivity contribution in [1.82, 2.24) is 15.1 Å². The van der Waals surface area contributed by atoms with Crippen molar-refractivity contribution in [2.75, 3.05) is 18.4 Å². The topological polar surface area (TPSA) is 91.0 Å². The van der Waals surface area contributed by atoms with Gasteiger partial charge in [-0.05, 0) is 67.9 Å². The van der Waals surface area contributed by atoms with E-state index in [1.807, 2.05) is 37.3 Å². The van der Waals surface area contributed by atoms with Gasteiger partial charge in [-0.1, -0.05) is 47.5 Å². The number of benzene rings is 3. The van der Waals surface area contributed by atoms with Crippen LogP contribution in [0.1, 0.15) is 25.5 Å². The molecule has 10 heteroatoms. The molecule has 2 aliphatic rings. The highest BCUT2D eigenvalue weighted by Crippen LogP contribution is 2.39. The van der Waals surface area contributed by atoms with E-state index < -0.39 is 12.1 Å². The van der Waals surface area contributed by atoms with Crippen LogP contribution in [0.4, 0.5) is 10.5 Å². The molecule has 0 radical (unpaired) electrons. The maximum Gasteiger partial charge on any atom is 0.322 e. The molecule has 0 aliphatic carbocycles. The summed E-state index contributed by atoms with van der Waals surface area (Å²) < 4.78 is 5.80. The van der Waals surface area contributed by atoms with Gasteiger partial charge >= 0.3 is 6.03 Å². The minimum absolute atomic E-state index is 0.121. The van der Waals surface area contributed by atoms with Crippen LogP contribution in [0.25, 0.3) is 0 Å². The predicted octanol–water partition coefficient (Wildman–Crippen LogP) is 6.00. The second-order valence-corrected chi connectivity index (χ2v) is 10.0. The molecule has 3 aromatic rings. The van der Waals surface area contributed by atoms with Crippen molar-refractivity contribution in [3.05, 3.63) is 99.7 Å². The van der Waals surface area contributed by atoms with Crippen LogP contribution in [0.2, 0.25) is 10.0 Å². The summed E-state index contributed by atoms with van der Waals surface area (Å²) in [6.45, 7) is 3.98. The molecule has 0 bridgehead atoms. The van der Waals surface area contributed by atoms with E-state index in [9.17, 15) is 14.4 Å². The van der Waals surface area contributed by atoms with Crippen LogP contribution in [0.5, 0.6) is 11.5 Å². The third-order valence-corrected chi connectivity index (χ3v) is 7.35. The Labute approximate surface area is 236 Å². The number of urea groups is 1. The summed E-state index contributed by atoms with van der Waals surface area (Å²) in [5.74, 6) is 0.638. The van der Waals surface area contributed by atoms with Gasteiger partial charge in [-0.2, -0.15) is 0 Å². The molecule has 0 spiro atoms. The number of nitrogens with one attached hydrogen (secondary N) is 2. The maximum atomic E-state index is 13.7. The molecule has 3 aromatic carbocycles. The minimum atomic E-state index is -0.807. The standard InChI is InChI=1S/C29H26Cl2N4O4/c1-3-34-24-16-35(28(37)25(24)26(33-29(34)38)22-14-9-18(30)15-23(22)31)17(2)27(36)32-19-10-12-21(13-11-19)39-20-7-5-4-6-8-20/h4-15,17,26H,3,16H2,1-2H3,(H,32,36)(H,33,38). The zero-order valence-corrected chi connectivity index (χ0v) is 22.8. The monoisotopic (exact) mass is 564 g/mol. The van der Waals surface area contributed by atoms with Crippen molar-refractivity contribution in [3.8, 4) is 11.5 Å². The number of rotatable bonds is 7. The first-order chi connectivity index (χ1) is 18.8. The molecule has 2 heterocycles. The Kier molecular flexibility index (Phi) is 7.50. The van der Waals surface area contributed by atoms with Crippen LogP contribution in [0, 0.1) is 0 Å². The quantitative estimate of drug-likeness (QED) is 0.368. The second kappa shape index (κ2) is 11.0. The average Bonchev–Trinajstić information content (AvgIpc) is 3.26. The summed E-state index contributed by atoms with van der Waals surface area (Å²) >= 11 is 12.5. The third-order valence-electron chi connectivity index (χ3n) is 6.79. The van der Waals surface area contributed by atoms with Crippen LogP contribution in [-0.4, -0.2) is 46.8 Å². The van der Waals surface area contributed by atoms with Gasteiger partial charge in [0.05, 0.1) is 23.9 Å². The zero-order valence-electron chi connectivity index (χ0n) is 21.3. The number of halogens is 2. The normalized spacial score (nSPS) is 17.6. The molecule has 2 unspecified atom stereocenters. The SMILES string of the molecule is CCN1C(=O)NC(c2ccc(Cl)cc2Cl)C2=C1CN(C(C)C(=O)Nc1ccc(Oc3ccccc3)cc1)C2=O. The number of likely N-dealkylation sites (N-methyl/N-ethyl adjacent to an activating group) is 1. The molecule has 0 fully saturated rings. The Hall–Kier alpha value is -4.01. The lowest BCUT2D eigenvalue weighted by molar-refractivity contribution is -0.133. The number of carbonyl (C=O) groups excluding carboxylic acids is 3. The lowest BCUT2D eigenvalue weighted by Gasteiger charge is -2.33. The fourth-order valence-corrected chi connectivity index (χ4v) is 5.27. The van der Waals surface area contributed by atoms with Crippen LogP contribution in [0.15, 0.2) is 84.1 Å². The van der Waals surface area contributed by atoms with E-state index in [4.69, 9.17) is 27.9 Å². The fourth-order valence-electron chi connectivity index (χ4n) is 4.75. The van der Waals surface area contributed by atoms with E-state index in [2.05, 4.69) is 10.6 Å². The van der Waals surface area contributed by atoms with Crippen molar-refractivity contribution < 1.29 is 19.1 Å². The summed E-state index contributed by atoms with van der Waals surface area (Å²) in [4.78, 5) is 42.8. The maximum absolute atomic E-state index is 13.7. The van der Waals surface area contributed by atoms with Gasteiger partial charge in [-0.15, -0.1) is 0 Å². The Morgan fingerprint density at radius 1 is 1.05 bits per heavy atom. The number of amides is 4. The summed E-state index contributed by atoms with van der Waals surface area (Å²) in [7, 11) is 0. The van der Waals surface area contributed by atoms with Gasteiger partial charge in [-0.3, -0.25) is 14.5 Å². The van der Waals surface area contributed by atoms with Crippen molar-refractivity contribution >= 4 is 46.7 Å². The Morgan fingerprint density at radius 2 is 1.74 bits per heavy atom. The van der Waals surface area contributed by atoms with Crippen molar-refractivity contribution in [1.29, 1.82) is 0 Å². The molecular formula is C29H26Cl2N4O4. The van der Waals surface area contributed by atoms with Crippen molar-refractivity contribution in [3.63, 3.8) is 0 Å². The molecular weight excluding hydrogens is 539 g/mol. The summed E-state index contributed by atoms with van der Waals surface area (Å²) in [5, 5.41) is 6.53. The summed E-state index contributed by atoms with van der Waals surface area (Å²) in [5.41, 5.74) is 2.07. The second-order valence-electron chi connectivity index (χ2n) is 9.19. The molecule has 0 saturated heterocycles. The molecule has 2 atom stereocenters. The van der Waals surface area contributed by atoms with Crippen LogP contribution < -0.4 is 15.4 Å². The molecule has 39 heavy (non-hydrogen) atoms. The first kappa shape index (κ1) is 26.6. The fraction of sp³-hybridized carbons (Fsp3) is 0.207. The van der Waals surface area contributed by atoms with Gasteiger partial charge in [0.15, 0.2) is 0 Å². The van der Waals surface area contributed by atoms with Crippen LogP contribution >= 0.6 is 23.2 Å². The molecule has 5 rings (SSSR count). The first-order valence-corrected chi connectivity index (χ1v) is 13.2. The zero-order chi connectivity index (χ0) is 27.7. The molecule has 2 N–H and O–H groups in total. The van der Waals surface area contributed by atoms with E-state index in [-0.39, 0.29) is 24.4 Å². The number of hydrogen-bond acceptors (Lipinski definition) is 4. The Morgan fingerprint density at radius 3 is 2.41 bits per heavy atom. The minimum Gasteiger partial charge on any atom is -0.457 e. The lowest BCUT2D eigenvalue weighted by atomic mass is 9.95. The summed E-state index contributed by atoms with van der Waals surface area (Å²) in [6.07, 6.45) is 0. The van der Waals surface area contributed by atoms with E-state index in [1.54, 1.807) is 49.4 Å². The predicted molar refractivity (Wildman–Crippen MR) is 150 cm³/mol. The van der Waals surface area contributed by atoms with Gasteiger partial charge in [0.1, 0.15) is 17.5 Å². The van der Waals surface area contributed by atoms with E-state index in [0.717, 1.165) is 0 Å². The van der Waals surface area contributed by atoms with E-state index in [0.29, 0.717) is 50.6 Å². The molecule has 0 aromatic heterocycles. The van der Waals surface area contributed by atoms with Crippen molar-refractivity contribution in [2.24, 2.45) is 0 Å². The van der Waals surface area contributed by atoms with Crippen LogP contribution in [0.3, 0.4) is 0 Å². The molecule has 8 nitrogen and oxygen atoms in total. The van der Waals surface area contributed by atoms with Gasteiger partial charge < -0.3 is 20.3 Å². The number of para-hydroxylation sites is 1. The molecule has 2 aliphatic heterocycles. The Balaban J connectivity index is 1.33. The lowest BCUT2D eigenvalue weighted by Crippen LogP contribution is -2.47.